The minimum absolute atomic E-state index is 0.293. The molecule has 2 aromatic carbocycles. The molecule has 0 aliphatic carbocycles. The average molecular weight is 251 g/mol. The fourth-order valence-corrected chi connectivity index (χ4v) is 2.04. The zero-order valence-electron chi connectivity index (χ0n) is 7.92. The lowest BCUT2D eigenvalue weighted by molar-refractivity contribution is 0.473. The number of aromatic hydroxyl groups is 1. The summed E-state index contributed by atoms with van der Waals surface area (Å²) in [6.07, 6.45) is 1.04. The molecule has 0 saturated heterocycles. The van der Waals surface area contributed by atoms with Crippen LogP contribution in [0.1, 0.15) is 12.5 Å². The summed E-state index contributed by atoms with van der Waals surface area (Å²) < 4.78 is 0.776. The number of fused-ring (bicyclic) bond motifs is 1. The van der Waals surface area contributed by atoms with Gasteiger partial charge in [-0.15, -0.1) is 0 Å². The van der Waals surface area contributed by atoms with Gasteiger partial charge in [-0.2, -0.15) is 0 Å². The van der Waals surface area contributed by atoms with Crippen LogP contribution in [0.3, 0.4) is 0 Å². The molecule has 0 fully saturated rings. The van der Waals surface area contributed by atoms with Crippen LogP contribution in [0.25, 0.3) is 10.8 Å². The van der Waals surface area contributed by atoms with Gasteiger partial charge in [0.2, 0.25) is 0 Å². The maximum absolute atomic E-state index is 9.50. The molecule has 0 atom stereocenters. The first-order chi connectivity index (χ1) is 6.72. The topological polar surface area (TPSA) is 20.2 Å². The molecule has 2 heteroatoms. The van der Waals surface area contributed by atoms with Crippen LogP contribution in [-0.2, 0) is 6.42 Å². The number of rotatable bonds is 1. The number of aryl methyl sites for hydroxylation is 1. The van der Waals surface area contributed by atoms with E-state index in [-0.39, 0.29) is 0 Å². The van der Waals surface area contributed by atoms with Gasteiger partial charge < -0.3 is 5.11 Å². The van der Waals surface area contributed by atoms with E-state index in [4.69, 9.17) is 0 Å². The molecule has 0 heterocycles. The van der Waals surface area contributed by atoms with Gasteiger partial charge in [0, 0.05) is 0 Å². The van der Waals surface area contributed by atoms with E-state index in [0.717, 1.165) is 21.7 Å². The molecule has 1 N–H and O–H groups in total. The molecule has 0 bridgehead atoms. The van der Waals surface area contributed by atoms with Crippen molar-refractivity contribution in [2.75, 3.05) is 0 Å². The largest absolute Gasteiger partial charge is 0.507 e. The van der Waals surface area contributed by atoms with Crippen molar-refractivity contribution in [2.24, 2.45) is 0 Å². The minimum atomic E-state index is 0.293. The highest BCUT2D eigenvalue weighted by molar-refractivity contribution is 9.10. The van der Waals surface area contributed by atoms with Crippen LogP contribution in [0.15, 0.2) is 34.8 Å². The van der Waals surface area contributed by atoms with Gasteiger partial charge in [-0.3, -0.25) is 0 Å². The van der Waals surface area contributed by atoms with Crippen LogP contribution >= 0.6 is 15.9 Å². The lowest BCUT2D eigenvalue weighted by atomic mass is 10.1. The molecule has 0 amide bonds. The second-order valence-corrected chi connectivity index (χ2v) is 4.10. The number of phenols is 1. The average Bonchev–Trinajstić information content (AvgIpc) is 2.23. The van der Waals surface area contributed by atoms with Crippen molar-refractivity contribution in [1.29, 1.82) is 0 Å². The Morgan fingerprint density at radius 3 is 2.71 bits per heavy atom. The van der Waals surface area contributed by atoms with Crippen LogP contribution in [-0.4, -0.2) is 5.11 Å². The second kappa shape index (κ2) is 3.62. The van der Waals surface area contributed by atoms with Crippen LogP contribution < -0.4 is 0 Å². The summed E-state index contributed by atoms with van der Waals surface area (Å²) in [4.78, 5) is 0. The number of benzene rings is 2. The van der Waals surface area contributed by atoms with Crippen LogP contribution in [0.5, 0.6) is 5.75 Å². The Bertz CT molecular complexity index is 477. The predicted molar refractivity (Wildman–Crippen MR) is 62.7 cm³/mol. The van der Waals surface area contributed by atoms with Crippen LogP contribution in [0.2, 0.25) is 0 Å². The van der Waals surface area contributed by atoms with Crippen LogP contribution in [0.4, 0.5) is 0 Å². The van der Waals surface area contributed by atoms with E-state index < -0.39 is 0 Å². The maximum atomic E-state index is 9.50. The van der Waals surface area contributed by atoms with Gasteiger partial charge in [-0.25, -0.2) is 0 Å². The zero-order valence-corrected chi connectivity index (χ0v) is 9.51. The molecule has 2 aromatic rings. The molecule has 0 saturated carbocycles. The number of halogens is 1. The fraction of sp³-hybridized carbons (Fsp3) is 0.167. The molecular formula is C12H11BrO. The SMILES string of the molecule is CCc1ccc2c(Br)c(O)ccc2c1. The summed E-state index contributed by atoms with van der Waals surface area (Å²) in [5, 5.41) is 11.7. The van der Waals surface area contributed by atoms with Gasteiger partial charge in [0.1, 0.15) is 5.75 Å². The normalized spacial score (nSPS) is 10.7. The third-order valence-corrected chi connectivity index (χ3v) is 3.24. The number of phenolic OH excluding ortho intramolecular Hbond substituents is 1. The second-order valence-electron chi connectivity index (χ2n) is 3.31. The monoisotopic (exact) mass is 250 g/mol. The first kappa shape index (κ1) is 9.53. The number of hydrogen-bond acceptors (Lipinski definition) is 1. The van der Waals surface area contributed by atoms with Crippen molar-refractivity contribution in [3.8, 4) is 5.75 Å². The Kier molecular flexibility index (Phi) is 2.46. The van der Waals surface area contributed by atoms with E-state index in [2.05, 4.69) is 35.0 Å². The molecule has 72 valence electrons. The number of hydrogen-bond donors (Lipinski definition) is 1. The highest BCUT2D eigenvalue weighted by Gasteiger charge is 2.03. The van der Waals surface area contributed by atoms with Gasteiger partial charge in [0.15, 0.2) is 0 Å². The lowest BCUT2D eigenvalue weighted by Crippen LogP contribution is -1.81. The van der Waals surface area contributed by atoms with E-state index in [9.17, 15) is 5.11 Å². The Morgan fingerprint density at radius 2 is 2.00 bits per heavy atom. The fourth-order valence-electron chi connectivity index (χ4n) is 1.55. The molecule has 0 aliphatic heterocycles. The summed E-state index contributed by atoms with van der Waals surface area (Å²) >= 11 is 3.38. The molecule has 0 spiro atoms. The van der Waals surface area contributed by atoms with E-state index in [1.807, 2.05) is 12.1 Å². The summed E-state index contributed by atoms with van der Waals surface area (Å²) in [5.41, 5.74) is 1.31. The molecule has 0 aliphatic rings. The molecule has 0 unspecified atom stereocenters. The van der Waals surface area contributed by atoms with Crippen molar-refractivity contribution in [2.45, 2.75) is 13.3 Å². The molecule has 0 radical (unpaired) electrons. The summed E-state index contributed by atoms with van der Waals surface area (Å²) in [6.45, 7) is 2.14. The third-order valence-electron chi connectivity index (χ3n) is 2.41. The van der Waals surface area contributed by atoms with Gasteiger partial charge in [0.25, 0.3) is 0 Å². The minimum Gasteiger partial charge on any atom is -0.507 e. The van der Waals surface area contributed by atoms with Crippen molar-refractivity contribution in [3.63, 3.8) is 0 Å². The first-order valence-corrected chi connectivity index (χ1v) is 5.41. The Labute approximate surface area is 91.5 Å². The van der Waals surface area contributed by atoms with Crippen molar-refractivity contribution < 1.29 is 5.11 Å². The third kappa shape index (κ3) is 1.50. The highest BCUT2D eigenvalue weighted by atomic mass is 79.9. The van der Waals surface area contributed by atoms with Crippen molar-refractivity contribution >= 4 is 26.7 Å². The molecule has 0 aromatic heterocycles. The Balaban J connectivity index is 2.74. The Hall–Kier alpha value is -1.02. The lowest BCUT2D eigenvalue weighted by Gasteiger charge is -2.04. The summed E-state index contributed by atoms with van der Waals surface area (Å²) in [5.74, 6) is 0.293. The molecule has 1 nitrogen and oxygen atoms in total. The zero-order chi connectivity index (χ0) is 10.1. The smallest absolute Gasteiger partial charge is 0.130 e. The van der Waals surface area contributed by atoms with Crippen molar-refractivity contribution in [1.82, 2.24) is 0 Å². The van der Waals surface area contributed by atoms with E-state index in [0.29, 0.717) is 5.75 Å². The van der Waals surface area contributed by atoms with Crippen LogP contribution in [0, 0.1) is 0 Å². The van der Waals surface area contributed by atoms with Gasteiger partial charge >= 0.3 is 0 Å². The first-order valence-electron chi connectivity index (χ1n) is 4.62. The van der Waals surface area contributed by atoms with E-state index in [1.165, 1.54) is 5.56 Å². The van der Waals surface area contributed by atoms with Gasteiger partial charge in [0.05, 0.1) is 4.47 Å². The standard InChI is InChI=1S/C12H11BrO/c1-2-8-3-5-10-9(7-8)4-6-11(14)12(10)13/h3-7,14H,2H2,1H3. The van der Waals surface area contributed by atoms with Crippen molar-refractivity contribution in [3.05, 3.63) is 40.4 Å². The molecule has 2 rings (SSSR count). The maximum Gasteiger partial charge on any atom is 0.130 e. The van der Waals surface area contributed by atoms with E-state index in [1.54, 1.807) is 6.07 Å². The quantitative estimate of drug-likeness (QED) is 0.815. The summed E-state index contributed by atoms with van der Waals surface area (Å²) in [7, 11) is 0. The van der Waals surface area contributed by atoms with E-state index >= 15 is 0 Å². The molecule has 14 heavy (non-hydrogen) atoms. The summed E-state index contributed by atoms with van der Waals surface area (Å²) in [6, 6.07) is 9.93. The highest BCUT2D eigenvalue weighted by Crippen LogP contribution is 2.32. The predicted octanol–water partition coefficient (Wildman–Crippen LogP) is 3.87. The van der Waals surface area contributed by atoms with Gasteiger partial charge in [-0.05, 0) is 44.8 Å². The Morgan fingerprint density at radius 1 is 1.21 bits per heavy atom. The van der Waals surface area contributed by atoms with Gasteiger partial charge in [-0.1, -0.05) is 31.2 Å². The molecular weight excluding hydrogens is 240 g/mol.